The van der Waals surface area contributed by atoms with Crippen molar-refractivity contribution in [1.29, 1.82) is 0 Å². The average Bonchev–Trinajstić information content (AvgIpc) is 2.32. The van der Waals surface area contributed by atoms with E-state index in [0.717, 1.165) is 6.07 Å². The van der Waals surface area contributed by atoms with Crippen LogP contribution in [0, 0.1) is 18.6 Å². The van der Waals surface area contributed by atoms with Gasteiger partial charge in [0.2, 0.25) is 0 Å². The van der Waals surface area contributed by atoms with Crippen LogP contribution in [0.5, 0.6) is 0 Å². The monoisotopic (exact) mass is 248 g/mol. The van der Waals surface area contributed by atoms with Crippen LogP contribution in [-0.2, 0) is 0 Å². The topological polar surface area (TPSA) is 40.5 Å². The molecule has 0 amide bonds. The SMILES string of the molecule is Cc1ccc(-c2ccc(B(O)O)c(F)c2)cc1F. The van der Waals surface area contributed by atoms with Crippen molar-refractivity contribution in [2.45, 2.75) is 6.92 Å². The van der Waals surface area contributed by atoms with Crippen molar-refractivity contribution in [3.05, 3.63) is 53.6 Å². The molecule has 0 aliphatic carbocycles. The van der Waals surface area contributed by atoms with Crippen LogP contribution in [-0.4, -0.2) is 17.2 Å². The Morgan fingerprint density at radius 2 is 1.44 bits per heavy atom. The molecule has 0 spiro atoms. The maximum Gasteiger partial charge on any atom is 0.491 e. The second-order valence-electron chi connectivity index (χ2n) is 4.07. The highest BCUT2D eigenvalue weighted by atomic mass is 19.1. The standard InChI is InChI=1S/C13H11BF2O2/c1-8-2-3-9(6-12(8)15)10-4-5-11(14(17)18)13(16)7-10/h2-7,17-18H,1H3. The molecule has 5 heteroatoms. The van der Waals surface area contributed by atoms with Gasteiger partial charge in [0.25, 0.3) is 0 Å². The van der Waals surface area contributed by atoms with Crippen molar-refractivity contribution in [2.75, 3.05) is 0 Å². The van der Waals surface area contributed by atoms with Crippen LogP contribution in [0.1, 0.15) is 5.56 Å². The van der Waals surface area contributed by atoms with Crippen molar-refractivity contribution in [3.8, 4) is 11.1 Å². The normalized spacial score (nSPS) is 10.5. The molecule has 2 aromatic carbocycles. The van der Waals surface area contributed by atoms with E-state index in [1.54, 1.807) is 19.1 Å². The fraction of sp³-hybridized carbons (Fsp3) is 0.0769. The van der Waals surface area contributed by atoms with Gasteiger partial charge in [0.1, 0.15) is 11.6 Å². The van der Waals surface area contributed by atoms with Crippen LogP contribution >= 0.6 is 0 Å². The Labute approximate surface area is 104 Å². The minimum absolute atomic E-state index is 0.202. The third-order valence-corrected chi connectivity index (χ3v) is 2.78. The third-order valence-electron chi connectivity index (χ3n) is 2.78. The van der Waals surface area contributed by atoms with Crippen molar-refractivity contribution < 1.29 is 18.8 Å². The van der Waals surface area contributed by atoms with Crippen LogP contribution in [0.15, 0.2) is 36.4 Å². The fourth-order valence-electron chi connectivity index (χ4n) is 1.69. The predicted octanol–water partition coefficient (Wildman–Crippen LogP) is 1.62. The molecule has 0 atom stereocenters. The summed E-state index contributed by atoms with van der Waals surface area (Å²) >= 11 is 0. The first kappa shape index (κ1) is 12.7. The highest BCUT2D eigenvalue weighted by Gasteiger charge is 2.16. The highest BCUT2D eigenvalue weighted by Crippen LogP contribution is 2.21. The number of rotatable bonds is 2. The lowest BCUT2D eigenvalue weighted by Crippen LogP contribution is -2.32. The molecule has 0 aliphatic rings. The quantitative estimate of drug-likeness (QED) is 0.793. The zero-order chi connectivity index (χ0) is 13.3. The first-order valence-corrected chi connectivity index (χ1v) is 5.41. The van der Waals surface area contributed by atoms with Gasteiger partial charge in [-0.15, -0.1) is 0 Å². The molecular weight excluding hydrogens is 237 g/mol. The summed E-state index contributed by atoms with van der Waals surface area (Å²) < 4.78 is 27.0. The maximum absolute atomic E-state index is 13.6. The summed E-state index contributed by atoms with van der Waals surface area (Å²) in [6.07, 6.45) is 0. The van der Waals surface area contributed by atoms with E-state index in [4.69, 9.17) is 10.0 Å². The number of hydrogen-bond donors (Lipinski definition) is 2. The summed E-state index contributed by atoms with van der Waals surface area (Å²) in [5.74, 6) is -1.09. The molecule has 2 rings (SSSR count). The Bertz CT molecular complexity index is 585. The molecule has 0 bridgehead atoms. The van der Waals surface area contributed by atoms with E-state index in [2.05, 4.69) is 0 Å². The number of halogens is 2. The molecule has 2 nitrogen and oxygen atoms in total. The van der Waals surface area contributed by atoms with Crippen LogP contribution in [0.2, 0.25) is 0 Å². The van der Waals surface area contributed by atoms with Gasteiger partial charge in [0.15, 0.2) is 0 Å². The highest BCUT2D eigenvalue weighted by molar-refractivity contribution is 6.58. The Balaban J connectivity index is 2.45. The van der Waals surface area contributed by atoms with Crippen LogP contribution in [0.25, 0.3) is 11.1 Å². The molecule has 0 unspecified atom stereocenters. The van der Waals surface area contributed by atoms with Gasteiger partial charge in [0, 0.05) is 5.46 Å². The summed E-state index contributed by atoms with van der Waals surface area (Å²) in [6.45, 7) is 1.64. The molecular formula is C13H11BF2O2. The predicted molar refractivity (Wildman–Crippen MR) is 66.4 cm³/mol. The van der Waals surface area contributed by atoms with Gasteiger partial charge < -0.3 is 10.0 Å². The van der Waals surface area contributed by atoms with E-state index in [1.807, 2.05) is 0 Å². The minimum atomic E-state index is -1.85. The molecule has 0 heterocycles. The van der Waals surface area contributed by atoms with Gasteiger partial charge in [-0.3, -0.25) is 0 Å². The van der Waals surface area contributed by atoms with E-state index < -0.39 is 12.9 Å². The van der Waals surface area contributed by atoms with E-state index in [-0.39, 0.29) is 11.3 Å². The number of benzene rings is 2. The molecule has 0 fully saturated rings. The lowest BCUT2D eigenvalue weighted by molar-refractivity contribution is 0.423. The number of aryl methyl sites for hydroxylation is 1. The summed E-state index contributed by atoms with van der Waals surface area (Å²) in [4.78, 5) is 0. The van der Waals surface area contributed by atoms with Crippen LogP contribution < -0.4 is 5.46 Å². The lowest BCUT2D eigenvalue weighted by atomic mass is 9.79. The second kappa shape index (κ2) is 4.88. The van der Waals surface area contributed by atoms with Crippen molar-refractivity contribution >= 4 is 12.6 Å². The van der Waals surface area contributed by atoms with Gasteiger partial charge >= 0.3 is 7.12 Å². The van der Waals surface area contributed by atoms with E-state index in [9.17, 15) is 8.78 Å². The second-order valence-corrected chi connectivity index (χ2v) is 4.07. The van der Waals surface area contributed by atoms with Gasteiger partial charge in [-0.05, 0) is 35.7 Å². The Morgan fingerprint density at radius 3 is 1.94 bits per heavy atom. The minimum Gasteiger partial charge on any atom is -0.423 e. The molecule has 2 aromatic rings. The Morgan fingerprint density at radius 1 is 0.889 bits per heavy atom. The van der Waals surface area contributed by atoms with E-state index in [1.165, 1.54) is 18.2 Å². The molecule has 0 aromatic heterocycles. The van der Waals surface area contributed by atoms with Crippen LogP contribution in [0.3, 0.4) is 0 Å². The Kier molecular flexibility index (Phi) is 3.45. The average molecular weight is 248 g/mol. The summed E-state index contributed by atoms with van der Waals surface area (Å²) in [5, 5.41) is 17.8. The summed E-state index contributed by atoms with van der Waals surface area (Å²) in [6, 6.07) is 8.55. The van der Waals surface area contributed by atoms with Gasteiger partial charge in [0.05, 0.1) is 0 Å². The summed E-state index contributed by atoms with van der Waals surface area (Å²) in [7, 11) is -1.85. The molecule has 2 N–H and O–H groups in total. The zero-order valence-corrected chi connectivity index (χ0v) is 9.69. The maximum atomic E-state index is 13.6. The first-order valence-electron chi connectivity index (χ1n) is 5.41. The first-order chi connectivity index (χ1) is 8.49. The third kappa shape index (κ3) is 2.42. The molecule has 0 radical (unpaired) electrons. The largest absolute Gasteiger partial charge is 0.491 e. The molecule has 18 heavy (non-hydrogen) atoms. The molecule has 92 valence electrons. The fourth-order valence-corrected chi connectivity index (χ4v) is 1.69. The lowest BCUT2D eigenvalue weighted by Gasteiger charge is -2.07. The zero-order valence-electron chi connectivity index (χ0n) is 9.69. The van der Waals surface area contributed by atoms with E-state index in [0.29, 0.717) is 16.7 Å². The van der Waals surface area contributed by atoms with E-state index >= 15 is 0 Å². The summed E-state index contributed by atoms with van der Waals surface area (Å²) in [5.41, 5.74) is 1.33. The smallest absolute Gasteiger partial charge is 0.423 e. The molecule has 0 saturated carbocycles. The Hall–Kier alpha value is -1.72. The van der Waals surface area contributed by atoms with Gasteiger partial charge in [-0.1, -0.05) is 24.3 Å². The molecule has 0 saturated heterocycles. The van der Waals surface area contributed by atoms with Crippen LogP contribution in [0.4, 0.5) is 8.78 Å². The van der Waals surface area contributed by atoms with Crippen molar-refractivity contribution in [2.24, 2.45) is 0 Å². The van der Waals surface area contributed by atoms with Gasteiger partial charge in [-0.25, -0.2) is 8.78 Å². The number of hydrogen-bond acceptors (Lipinski definition) is 2. The van der Waals surface area contributed by atoms with Crippen molar-refractivity contribution in [3.63, 3.8) is 0 Å². The van der Waals surface area contributed by atoms with Crippen molar-refractivity contribution in [1.82, 2.24) is 0 Å². The van der Waals surface area contributed by atoms with Gasteiger partial charge in [-0.2, -0.15) is 0 Å². The molecule has 0 aliphatic heterocycles.